The lowest BCUT2D eigenvalue weighted by atomic mass is 10.1. The van der Waals surface area contributed by atoms with E-state index in [9.17, 15) is 0 Å². The maximum Gasteiger partial charge on any atom is 0.179 e. The Bertz CT molecular complexity index is 4430. The van der Waals surface area contributed by atoms with Crippen LogP contribution in [0.5, 0.6) is 0 Å². The van der Waals surface area contributed by atoms with Crippen molar-refractivity contribution in [2.75, 3.05) is 0 Å². The number of thiophene rings is 1. The summed E-state index contributed by atoms with van der Waals surface area (Å²) in [4.78, 5) is 0. The Labute approximate surface area is 415 Å². The smallest absolute Gasteiger partial charge is 0.179 e. The minimum atomic E-state index is -2.86. The number of benzene rings is 11. The van der Waals surface area contributed by atoms with Crippen LogP contribution in [0.1, 0.15) is 0 Å². The normalized spacial score (nSPS) is 12.2. The zero-order chi connectivity index (χ0) is 46.6. The van der Waals surface area contributed by atoms with Crippen LogP contribution in [0.25, 0.3) is 103 Å². The van der Waals surface area contributed by atoms with Gasteiger partial charge in [0.2, 0.25) is 0 Å². The lowest BCUT2D eigenvalue weighted by molar-refractivity contribution is 1.14. The third-order valence-corrected chi connectivity index (χ3v) is 21.1. The van der Waals surface area contributed by atoms with E-state index in [2.05, 4.69) is 275 Å². The van der Waals surface area contributed by atoms with Gasteiger partial charge in [-0.25, -0.2) is 0 Å². The van der Waals surface area contributed by atoms with Crippen LogP contribution >= 0.6 is 11.3 Å². The molecule has 15 aromatic rings. The molecule has 0 amide bonds. The molecular weight excluding hydrogens is 895 g/mol. The predicted molar refractivity (Wildman–Crippen MR) is 306 cm³/mol. The number of para-hydroxylation sites is 4. The molecule has 71 heavy (non-hydrogen) atoms. The fraction of sp³-hybridized carbons (Fsp3) is 0. The number of fused-ring (bicyclic) bond motifs is 12. The summed E-state index contributed by atoms with van der Waals surface area (Å²) in [7, 11) is -2.86. The molecule has 0 saturated heterocycles. The van der Waals surface area contributed by atoms with Gasteiger partial charge in [0.15, 0.2) is 8.07 Å². The van der Waals surface area contributed by atoms with E-state index in [1.807, 2.05) is 11.3 Å². The average molecular weight is 938 g/mol. The highest BCUT2D eigenvalue weighted by Gasteiger charge is 2.41. The Morgan fingerprint density at radius 3 is 1.20 bits per heavy atom. The summed E-state index contributed by atoms with van der Waals surface area (Å²) >= 11 is 1.89. The summed E-state index contributed by atoms with van der Waals surface area (Å²) in [6.07, 6.45) is 0. The topological polar surface area (TPSA) is 14.8 Å². The van der Waals surface area contributed by atoms with Crippen molar-refractivity contribution < 1.29 is 0 Å². The van der Waals surface area contributed by atoms with Crippen LogP contribution in [-0.4, -0.2) is 21.8 Å². The molecule has 332 valence electrons. The lowest BCUT2D eigenvalue weighted by Gasteiger charge is -2.34. The van der Waals surface area contributed by atoms with E-state index in [0.717, 1.165) is 11.4 Å². The van der Waals surface area contributed by atoms with Gasteiger partial charge in [0, 0.05) is 59.2 Å². The molecule has 0 atom stereocenters. The third-order valence-electron chi connectivity index (χ3n) is 15.2. The van der Waals surface area contributed by atoms with E-state index in [-0.39, 0.29) is 0 Å². The largest absolute Gasteiger partial charge is 0.309 e. The van der Waals surface area contributed by atoms with Gasteiger partial charge in [-0.05, 0) is 81.4 Å². The maximum absolute atomic E-state index is 2.86. The fourth-order valence-corrected chi connectivity index (χ4v) is 18.1. The molecule has 11 aromatic carbocycles. The highest BCUT2D eigenvalue weighted by atomic mass is 32.1. The van der Waals surface area contributed by atoms with E-state index >= 15 is 0 Å². The summed E-state index contributed by atoms with van der Waals surface area (Å²) in [5.74, 6) is 0. The first-order valence-electron chi connectivity index (χ1n) is 24.4. The van der Waals surface area contributed by atoms with Crippen LogP contribution in [0, 0.1) is 0 Å². The summed E-state index contributed by atoms with van der Waals surface area (Å²) in [5.41, 5.74) is 10.6. The van der Waals surface area contributed by atoms with Crippen LogP contribution in [-0.2, 0) is 0 Å². The van der Waals surface area contributed by atoms with Crippen LogP contribution in [0.15, 0.2) is 261 Å². The van der Waals surface area contributed by atoms with Gasteiger partial charge in [0.25, 0.3) is 0 Å². The van der Waals surface area contributed by atoms with Crippen molar-refractivity contribution in [2.24, 2.45) is 0 Å². The Morgan fingerprint density at radius 1 is 0.254 bits per heavy atom. The number of nitrogens with zero attached hydrogens (tertiary/aromatic N) is 3. The van der Waals surface area contributed by atoms with Gasteiger partial charge >= 0.3 is 0 Å². The molecule has 0 unspecified atom stereocenters. The molecule has 0 aliphatic heterocycles. The molecule has 0 N–H and O–H groups in total. The minimum Gasteiger partial charge on any atom is -0.309 e. The molecule has 0 aliphatic rings. The van der Waals surface area contributed by atoms with E-state index in [0.29, 0.717) is 0 Å². The highest BCUT2D eigenvalue weighted by molar-refractivity contribution is 7.26. The molecule has 0 spiro atoms. The molecule has 0 fully saturated rings. The van der Waals surface area contributed by atoms with Crippen LogP contribution in [0.4, 0.5) is 0 Å². The van der Waals surface area contributed by atoms with Crippen molar-refractivity contribution >= 4 is 126 Å². The molecule has 15 rings (SSSR count). The van der Waals surface area contributed by atoms with Crippen molar-refractivity contribution in [3.8, 4) is 17.1 Å². The van der Waals surface area contributed by atoms with E-state index in [4.69, 9.17) is 0 Å². The summed E-state index contributed by atoms with van der Waals surface area (Å²) in [6.45, 7) is 0. The number of hydrogen-bond acceptors (Lipinski definition) is 1. The van der Waals surface area contributed by atoms with Gasteiger partial charge < -0.3 is 13.7 Å². The molecule has 5 heteroatoms. The molecule has 0 bridgehead atoms. The first-order valence-corrected chi connectivity index (χ1v) is 27.2. The monoisotopic (exact) mass is 937 g/mol. The maximum atomic E-state index is 2.56. The van der Waals surface area contributed by atoms with Gasteiger partial charge in [0.05, 0.1) is 43.5 Å². The molecule has 4 aromatic heterocycles. The zero-order valence-corrected chi connectivity index (χ0v) is 40.4. The second kappa shape index (κ2) is 15.6. The second-order valence-corrected chi connectivity index (χ2v) is 23.7. The fourth-order valence-electron chi connectivity index (χ4n) is 12.2. The molecule has 0 saturated carbocycles. The molecule has 0 aliphatic carbocycles. The molecular formula is C66H43N3SSi. The third kappa shape index (κ3) is 5.82. The Kier molecular flexibility index (Phi) is 8.85. The molecule has 4 heterocycles. The Morgan fingerprint density at radius 2 is 0.662 bits per heavy atom. The number of rotatable bonds is 7. The van der Waals surface area contributed by atoms with Gasteiger partial charge in [0.1, 0.15) is 0 Å². The van der Waals surface area contributed by atoms with Gasteiger partial charge in [-0.15, -0.1) is 11.3 Å². The number of aromatic nitrogens is 3. The van der Waals surface area contributed by atoms with E-state index < -0.39 is 8.07 Å². The van der Waals surface area contributed by atoms with E-state index in [1.54, 1.807) is 0 Å². The number of hydrogen-bond donors (Lipinski definition) is 0. The van der Waals surface area contributed by atoms with E-state index in [1.165, 1.54) is 112 Å². The predicted octanol–water partition coefficient (Wildman–Crippen LogP) is 14.7. The van der Waals surface area contributed by atoms with Crippen LogP contribution in [0.2, 0.25) is 0 Å². The first kappa shape index (κ1) is 40.2. The SMILES string of the molecule is c1ccc([Si](c2ccccc2)(c2ccccc2)c2ccc3c4ccccc4n(-c4cc(-n5c6ccccc6c6ccc(-n7c8ccccc8c8ccccc87)cc65)c5sc6ccccc6c5c4)c3c2)cc1. The zero-order valence-electron chi connectivity index (χ0n) is 38.6. The second-order valence-electron chi connectivity index (χ2n) is 18.8. The van der Waals surface area contributed by atoms with Crippen molar-refractivity contribution in [3.05, 3.63) is 261 Å². The lowest BCUT2D eigenvalue weighted by Crippen LogP contribution is -2.74. The Hall–Kier alpha value is -8.74. The van der Waals surface area contributed by atoms with Gasteiger partial charge in [-0.3, -0.25) is 0 Å². The van der Waals surface area contributed by atoms with Gasteiger partial charge in [-0.2, -0.15) is 0 Å². The summed E-state index contributed by atoms with van der Waals surface area (Å²) in [5, 5.41) is 15.4. The minimum absolute atomic E-state index is 1.13. The van der Waals surface area contributed by atoms with Crippen molar-refractivity contribution in [1.82, 2.24) is 13.7 Å². The van der Waals surface area contributed by atoms with Crippen molar-refractivity contribution in [1.29, 1.82) is 0 Å². The van der Waals surface area contributed by atoms with Gasteiger partial charge in [-0.1, -0.05) is 200 Å². The highest BCUT2D eigenvalue weighted by Crippen LogP contribution is 2.44. The summed E-state index contributed by atoms with van der Waals surface area (Å²) < 4.78 is 10.1. The molecule has 0 radical (unpaired) electrons. The Balaban J connectivity index is 1.05. The van der Waals surface area contributed by atoms with Crippen molar-refractivity contribution in [2.45, 2.75) is 0 Å². The van der Waals surface area contributed by atoms with Crippen LogP contribution < -0.4 is 20.7 Å². The van der Waals surface area contributed by atoms with Crippen molar-refractivity contribution in [3.63, 3.8) is 0 Å². The average Bonchev–Trinajstić information content (AvgIpc) is 4.18. The van der Waals surface area contributed by atoms with Crippen LogP contribution in [0.3, 0.4) is 0 Å². The summed E-state index contributed by atoms with van der Waals surface area (Å²) in [6, 6.07) is 97.7. The molecule has 3 nitrogen and oxygen atoms in total. The standard InChI is InChI=1S/C66H43N3SSi/c1-4-20-46(21-5-1)71(47-22-6-2-7-23-47,48-24-8-3-9-25-48)49-37-39-55-52-28-12-17-33-60(52)68(63(55)43-49)45-40-57-56-30-14-19-35-65(56)70-66(57)64(42-45)69-61-34-18-13-29-53(61)54-38-36-44(41-62(54)69)67-58-31-15-10-26-50(58)51-27-11-16-32-59(51)67/h1-43H. The first-order chi connectivity index (χ1) is 35.2. The quantitative estimate of drug-likeness (QED) is 0.112.